The van der Waals surface area contributed by atoms with Crippen LogP contribution in [-0.2, 0) is 15.6 Å². The summed E-state index contributed by atoms with van der Waals surface area (Å²) in [6.45, 7) is 13.3. The highest BCUT2D eigenvalue weighted by molar-refractivity contribution is 5.95. The number of methoxy groups -OCH3 is 1. The van der Waals surface area contributed by atoms with E-state index in [0.29, 0.717) is 24.5 Å². The summed E-state index contributed by atoms with van der Waals surface area (Å²) in [6.07, 6.45) is 0. The number of rotatable bonds is 4. The number of carbonyl (C=O) groups is 1. The van der Waals surface area contributed by atoms with Gasteiger partial charge in [-0.25, -0.2) is 0 Å². The van der Waals surface area contributed by atoms with E-state index in [9.17, 15) is 9.90 Å². The van der Waals surface area contributed by atoms with Crippen LogP contribution >= 0.6 is 0 Å². The summed E-state index contributed by atoms with van der Waals surface area (Å²) in [4.78, 5) is 14.4. The van der Waals surface area contributed by atoms with Crippen LogP contribution in [-0.4, -0.2) is 43.2 Å². The van der Waals surface area contributed by atoms with Gasteiger partial charge in [-0.2, -0.15) is 0 Å². The predicted octanol–water partition coefficient (Wildman–Crippen LogP) is 3.71. The number of phenols is 1. The fraction of sp³-hybridized carbons (Fsp3) is 0.632. The van der Waals surface area contributed by atoms with Crippen LogP contribution in [0.2, 0.25) is 0 Å². The molecular formula is C19H31NO3. The van der Waals surface area contributed by atoms with Gasteiger partial charge in [-0.1, -0.05) is 41.5 Å². The molecule has 1 aromatic rings. The van der Waals surface area contributed by atoms with E-state index in [4.69, 9.17) is 4.74 Å². The molecule has 0 saturated carbocycles. The molecule has 0 atom stereocenters. The second kappa shape index (κ2) is 6.91. The lowest BCUT2D eigenvalue weighted by Crippen LogP contribution is -2.30. The number of nitrogens with zero attached hydrogens (tertiary/aromatic N) is 1. The highest BCUT2D eigenvalue weighted by atomic mass is 16.5. The van der Waals surface area contributed by atoms with Crippen molar-refractivity contribution in [3.05, 3.63) is 28.8 Å². The van der Waals surface area contributed by atoms with Crippen LogP contribution in [0.3, 0.4) is 0 Å². The van der Waals surface area contributed by atoms with Crippen LogP contribution in [0.25, 0.3) is 0 Å². The van der Waals surface area contributed by atoms with E-state index < -0.39 is 0 Å². The molecule has 4 heteroatoms. The molecule has 0 aliphatic carbocycles. The molecule has 130 valence electrons. The molecule has 23 heavy (non-hydrogen) atoms. The molecule has 0 radical (unpaired) electrons. The van der Waals surface area contributed by atoms with Crippen LogP contribution in [0.1, 0.15) is 63.0 Å². The van der Waals surface area contributed by atoms with Gasteiger partial charge in [0.25, 0.3) is 5.91 Å². The van der Waals surface area contributed by atoms with Crippen molar-refractivity contribution >= 4 is 5.91 Å². The quantitative estimate of drug-likeness (QED) is 0.920. The molecule has 0 heterocycles. The monoisotopic (exact) mass is 321 g/mol. The number of ether oxygens (including phenoxy) is 1. The van der Waals surface area contributed by atoms with E-state index in [1.807, 2.05) is 53.7 Å². The molecule has 0 saturated heterocycles. The first-order chi connectivity index (χ1) is 10.4. The molecule has 0 spiro atoms. The number of benzene rings is 1. The largest absolute Gasteiger partial charge is 0.507 e. The predicted molar refractivity (Wildman–Crippen MR) is 94.3 cm³/mol. The van der Waals surface area contributed by atoms with Gasteiger partial charge in [0, 0.05) is 37.4 Å². The lowest BCUT2D eigenvalue weighted by Gasteiger charge is -2.28. The lowest BCUT2D eigenvalue weighted by atomic mass is 9.78. The molecular weight excluding hydrogens is 290 g/mol. The molecule has 1 rings (SSSR count). The summed E-state index contributed by atoms with van der Waals surface area (Å²) >= 11 is 0. The Morgan fingerprint density at radius 1 is 1.09 bits per heavy atom. The third-order valence-electron chi connectivity index (χ3n) is 3.95. The molecule has 0 aliphatic heterocycles. The Kier molecular flexibility index (Phi) is 5.86. The average molecular weight is 321 g/mol. The zero-order valence-electron chi connectivity index (χ0n) is 15.8. The Morgan fingerprint density at radius 2 is 1.52 bits per heavy atom. The van der Waals surface area contributed by atoms with E-state index in [0.717, 1.165) is 11.1 Å². The van der Waals surface area contributed by atoms with Gasteiger partial charge in [0.1, 0.15) is 5.75 Å². The fourth-order valence-electron chi connectivity index (χ4n) is 2.45. The normalized spacial score (nSPS) is 12.3. The van der Waals surface area contributed by atoms with Crippen molar-refractivity contribution in [1.82, 2.24) is 4.90 Å². The zero-order chi connectivity index (χ0) is 18.0. The second-order valence-corrected chi connectivity index (χ2v) is 8.14. The van der Waals surface area contributed by atoms with E-state index >= 15 is 0 Å². The van der Waals surface area contributed by atoms with Crippen molar-refractivity contribution in [3.8, 4) is 5.75 Å². The minimum absolute atomic E-state index is 0.0574. The third-order valence-corrected chi connectivity index (χ3v) is 3.95. The fourth-order valence-corrected chi connectivity index (χ4v) is 2.45. The van der Waals surface area contributed by atoms with Crippen LogP contribution < -0.4 is 0 Å². The average Bonchev–Trinajstić information content (AvgIpc) is 2.41. The molecule has 0 unspecified atom stereocenters. The lowest BCUT2D eigenvalue weighted by molar-refractivity contribution is 0.0744. The Hall–Kier alpha value is -1.55. The van der Waals surface area contributed by atoms with Crippen molar-refractivity contribution in [2.45, 2.75) is 52.4 Å². The Bertz CT molecular complexity index is 530. The van der Waals surface area contributed by atoms with Gasteiger partial charge in [0.05, 0.1) is 6.61 Å². The molecule has 0 bridgehead atoms. The van der Waals surface area contributed by atoms with Gasteiger partial charge in [-0.15, -0.1) is 0 Å². The number of phenolic OH excluding ortho intramolecular Hbond substituents is 1. The number of hydrogen-bond acceptors (Lipinski definition) is 3. The maximum atomic E-state index is 12.7. The number of amides is 1. The standard InChI is InChI=1S/C19H31NO3/c1-18(2,3)14-11-13(17(22)20(7)9-10-23-8)12-15(16(14)21)19(4,5)6/h11-12,21H,9-10H2,1-8H3. The van der Waals surface area contributed by atoms with Crippen LogP contribution in [0.5, 0.6) is 5.75 Å². The van der Waals surface area contributed by atoms with Gasteiger partial charge in [0.15, 0.2) is 0 Å². The van der Waals surface area contributed by atoms with Crippen molar-refractivity contribution < 1.29 is 14.6 Å². The van der Waals surface area contributed by atoms with Gasteiger partial charge in [0.2, 0.25) is 0 Å². The first-order valence-corrected chi connectivity index (χ1v) is 8.02. The summed E-state index contributed by atoms with van der Waals surface area (Å²) in [5, 5.41) is 10.7. The van der Waals surface area contributed by atoms with E-state index in [-0.39, 0.29) is 16.7 Å². The Balaban J connectivity index is 3.42. The zero-order valence-corrected chi connectivity index (χ0v) is 15.8. The molecule has 1 amide bonds. The molecule has 0 aromatic heterocycles. The van der Waals surface area contributed by atoms with Gasteiger partial charge in [-0.3, -0.25) is 4.79 Å². The Morgan fingerprint density at radius 3 is 1.87 bits per heavy atom. The van der Waals surface area contributed by atoms with Crippen LogP contribution in [0.4, 0.5) is 0 Å². The SMILES string of the molecule is COCCN(C)C(=O)c1cc(C(C)(C)C)c(O)c(C(C)(C)C)c1. The van der Waals surface area contributed by atoms with Gasteiger partial charge in [-0.05, 0) is 23.0 Å². The summed E-state index contributed by atoms with van der Waals surface area (Å²) in [7, 11) is 3.38. The molecule has 1 N–H and O–H groups in total. The molecule has 0 aliphatic rings. The summed E-state index contributed by atoms with van der Waals surface area (Å²) in [5.74, 6) is 0.235. The first kappa shape index (κ1) is 19.5. The highest BCUT2D eigenvalue weighted by Gasteiger charge is 2.28. The van der Waals surface area contributed by atoms with Crippen LogP contribution in [0.15, 0.2) is 12.1 Å². The van der Waals surface area contributed by atoms with Crippen molar-refractivity contribution in [2.75, 3.05) is 27.3 Å². The first-order valence-electron chi connectivity index (χ1n) is 8.02. The van der Waals surface area contributed by atoms with Crippen molar-refractivity contribution in [2.24, 2.45) is 0 Å². The Labute approximate surface area is 140 Å². The summed E-state index contributed by atoms with van der Waals surface area (Å²) < 4.78 is 5.04. The van der Waals surface area contributed by atoms with E-state index in [1.165, 1.54) is 0 Å². The number of hydrogen-bond donors (Lipinski definition) is 1. The summed E-state index contributed by atoms with van der Waals surface area (Å²) in [6, 6.07) is 3.63. The van der Waals surface area contributed by atoms with Gasteiger partial charge >= 0.3 is 0 Å². The van der Waals surface area contributed by atoms with E-state index in [2.05, 4.69) is 0 Å². The highest BCUT2D eigenvalue weighted by Crippen LogP contribution is 2.39. The molecule has 1 aromatic carbocycles. The van der Waals surface area contributed by atoms with Gasteiger partial charge < -0.3 is 14.7 Å². The number of carbonyl (C=O) groups excluding carboxylic acids is 1. The maximum Gasteiger partial charge on any atom is 0.253 e. The van der Waals surface area contributed by atoms with E-state index in [1.54, 1.807) is 19.1 Å². The second-order valence-electron chi connectivity index (χ2n) is 8.14. The summed E-state index contributed by atoms with van der Waals surface area (Å²) in [5.41, 5.74) is 1.72. The molecule has 0 fully saturated rings. The van der Waals surface area contributed by atoms with Crippen LogP contribution in [0, 0.1) is 0 Å². The van der Waals surface area contributed by atoms with Crippen molar-refractivity contribution in [3.63, 3.8) is 0 Å². The third kappa shape index (κ3) is 4.71. The number of aromatic hydroxyl groups is 1. The minimum Gasteiger partial charge on any atom is -0.507 e. The van der Waals surface area contributed by atoms with Crippen molar-refractivity contribution in [1.29, 1.82) is 0 Å². The number of likely N-dealkylation sites (N-methyl/N-ethyl adjacent to an activating group) is 1. The maximum absolute atomic E-state index is 12.7. The minimum atomic E-state index is -0.245. The molecule has 4 nitrogen and oxygen atoms in total. The topological polar surface area (TPSA) is 49.8 Å². The smallest absolute Gasteiger partial charge is 0.253 e.